The Labute approximate surface area is 258 Å². The van der Waals surface area contributed by atoms with Crippen LogP contribution < -0.4 is 14.4 Å². The molecule has 226 valence electrons. The Hall–Kier alpha value is -3.27. The van der Waals surface area contributed by atoms with Crippen LogP contribution in [0.2, 0.25) is 10.0 Å². The summed E-state index contributed by atoms with van der Waals surface area (Å²) >= 11 is 12.5. The SMILES string of the molecule is CCOc1ccc(N(CC(=O)N(Cc2ccccc2Cl)[C@H](CC)C(=O)N[C@@H](C)CC)S(=O)(=O)c2ccc(Cl)cc2)cc1. The maximum absolute atomic E-state index is 14.2. The van der Waals surface area contributed by atoms with E-state index in [2.05, 4.69) is 5.32 Å². The Morgan fingerprint density at radius 2 is 1.55 bits per heavy atom. The summed E-state index contributed by atoms with van der Waals surface area (Å²) in [4.78, 5) is 28.9. The molecule has 0 radical (unpaired) electrons. The third-order valence-electron chi connectivity index (χ3n) is 6.80. The number of hydrogen-bond acceptors (Lipinski definition) is 5. The van der Waals surface area contributed by atoms with E-state index in [-0.39, 0.29) is 29.1 Å². The van der Waals surface area contributed by atoms with E-state index in [0.29, 0.717) is 40.8 Å². The summed E-state index contributed by atoms with van der Waals surface area (Å²) in [5.41, 5.74) is 0.895. The Morgan fingerprint density at radius 3 is 2.12 bits per heavy atom. The van der Waals surface area contributed by atoms with Crippen molar-refractivity contribution in [2.24, 2.45) is 0 Å². The molecule has 1 N–H and O–H groups in total. The molecule has 0 aliphatic rings. The predicted octanol–water partition coefficient (Wildman–Crippen LogP) is 6.31. The van der Waals surface area contributed by atoms with Crippen molar-refractivity contribution in [3.05, 3.63) is 88.4 Å². The quantitative estimate of drug-likeness (QED) is 0.224. The molecule has 0 heterocycles. The van der Waals surface area contributed by atoms with E-state index in [4.69, 9.17) is 27.9 Å². The van der Waals surface area contributed by atoms with Crippen molar-refractivity contribution in [2.75, 3.05) is 17.5 Å². The Kier molecular flexibility index (Phi) is 12.1. The summed E-state index contributed by atoms with van der Waals surface area (Å²) in [6, 6.07) is 18.3. The lowest BCUT2D eigenvalue weighted by Crippen LogP contribution is -2.53. The smallest absolute Gasteiger partial charge is 0.264 e. The van der Waals surface area contributed by atoms with E-state index in [0.717, 1.165) is 4.31 Å². The molecule has 3 aromatic carbocycles. The zero-order valence-corrected chi connectivity index (χ0v) is 26.5. The van der Waals surface area contributed by atoms with Crippen LogP contribution in [0.3, 0.4) is 0 Å². The number of halogens is 2. The molecule has 0 aliphatic heterocycles. The van der Waals surface area contributed by atoms with Crippen LogP contribution in [-0.2, 0) is 26.2 Å². The van der Waals surface area contributed by atoms with Crippen LogP contribution in [0.15, 0.2) is 77.7 Å². The minimum absolute atomic E-state index is 0.0169. The molecule has 0 saturated heterocycles. The number of carbonyl (C=O) groups is 2. The van der Waals surface area contributed by atoms with E-state index in [1.54, 1.807) is 48.5 Å². The van der Waals surface area contributed by atoms with Gasteiger partial charge in [0.1, 0.15) is 18.3 Å². The Morgan fingerprint density at radius 1 is 0.905 bits per heavy atom. The van der Waals surface area contributed by atoms with Crippen molar-refractivity contribution in [2.45, 2.75) is 64.1 Å². The van der Waals surface area contributed by atoms with Gasteiger partial charge in [0, 0.05) is 22.6 Å². The molecular formula is C31H37Cl2N3O5S. The lowest BCUT2D eigenvalue weighted by atomic mass is 10.1. The average Bonchev–Trinajstić information content (AvgIpc) is 2.97. The van der Waals surface area contributed by atoms with E-state index in [9.17, 15) is 18.0 Å². The molecule has 8 nitrogen and oxygen atoms in total. The summed E-state index contributed by atoms with van der Waals surface area (Å²) in [6.07, 6.45) is 1.02. The fourth-order valence-corrected chi connectivity index (χ4v) is 6.04. The molecule has 3 aromatic rings. The number of carbonyl (C=O) groups excluding carboxylic acids is 2. The van der Waals surface area contributed by atoms with Gasteiger partial charge in [0.15, 0.2) is 0 Å². The van der Waals surface area contributed by atoms with Gasteiger partial charge in [-0.3, -0.25) is 13.9 Å². The number of anilines is 1. The molecule has 0 saturated carbocycles. The van der Waals surface area contributed by atoms with E-state index < -0.39 is 28.5 Å². The van der Waals surface area contributed by atoms with Crippen molar-refractivity contribution in [1.82, 2.24) is 10.2 Å². The maximum atomic E-state index is 14.2. The second kappa shape index (κ2) is 15.3. The fourth-order valence-electron chi connectivity index (χ4n) is 4.31. The van der Waals surface area contributed by atoms with Gasteiger partial charge in [0.25, 0.3) is 10.0 Å². The summed E-state index contributed by atoms with van der Waals surface area (Å²) < 4.78 is 34.5. The molecule has 0 bridgehead atoms. The van der Waals surface area contributed by atoms with Gasteiger partial charge in [-0.15, -0.1) is 0 Å². The normalized spacial score (nSPS) is 12.7. The van der Waals surface area contributed by atoms with Gasteiger partial charge < -0.3 is 15.0 Å². The first kappa shape index (κ1) is 33.2. The minimum atomic E-state index is -4.22. The highest BCUT2D eigenvalue weighted by Gasteiger charge is 2.34. The molecule has 0 unspecified atom stereocenters. The number of hydrogen-bond donors (Lipinski definition) is 1. The van der Waals surface area contributed by atoms with Crippen molar-refractivity contribution >= 4 is 50.7 Å². The van der Waals surface area contributed by atoms with Crippen LogP contribution in [-0.4, -0.2) is 50.4 Å². The largest absolute Gasteiger partial charge is 0.494 e. The number of nitrogens with one attached hydrogen (secondary N) is 1. The molecule has 0 aliphatic carbocycles. The van der Waals surface area contributed by atoms with E-state index >= 15 is 0 Å². The molecule has 2 amide bonds. The van der Waals surface area contributed by atoms with Gasteiger partial charge in [0.05, 0.1) is 17.2 Å². The Balaban J connectivity index is 2.07. The second-order valence-electron chi connectivity index (χ2n) is 9.75. The molecule has 3 rings (SSSR count). The van der Waals surface area contributed by atoms with Gasteiger partial charge in [-0.1, -0.05) is 55.2 Å². The van der Waals surface area contributed by atoms with Crippen LogP contribution in [0, 0.1) is 0 Å². The van der Waals surface area contributed by atoms with Crippen molar-refractivity contribution in [3.8, 4) is 5.75 Å². The van der Waals surface area contributed by atoms with Crippen LogP contribution in [0.1, 0.15) is 46.1 Å². The van der Waals surface area contributed by atoms with Gasteiger partial charge >= 0.3 is 0 Å². The number of benzene rings is 3. The van der Waals surface area contributed by atoms with Crippen LogP contribution in [0.4, 0.5) is 5.69 Å². The lowest BCUT2D eigenvalue weighted by molar-refractivity contribution is -0.140. The summed E-state index contributed by atoms with van der Waals surface area (Å²) in [7, 11) is -4.22. The van der Waals surface area contributed by atoms with Crippen molar-refractivity contribution in [3.63, 3.8) is 0 Å². The highest BCUT2D eigenvalue weighted by Crippen LogP contribution is 2.28. The molecule has 0 spiro atoms. The zero-order valence-electron chi connectivity index (χ0n) is 24.2. The minimum Gasteiger partial charge on any atom is -0.494 e. The molecule has 11 heteroatoms. The third kappa shape index (κ3) is 8.40. The maximum Gasteiger partial charge on any atom is 0.264 e. The molecule has 0 aromatic heterocycles. The summed E-state index contributed by atoms with van der Waals surface area (Å²) in [6.45, 7) is 7.39. The van der Waals surface area contributed by atoms with E-state index in [1.165, 1.54) is 29.2 Å². The van der Waals surface area contributed by atoms with Gasteiger partial charge in [-0.25, -0.2) is 8.42 Å². The van der Waals surface area contributed by atoms with Crippen LogP contribution in [0.25, 0.3) is 0 Å². The lowest BCUT2D eigenvalue weighted by Gasteiger charge is -2.34. The molecular weight excluding hydrogens is 597 g/mol. The molecule has 42 heavy (non-hydrogen) atoms. The Bertz CT molecular complexity index is 1450. The van der Waals surface area contributed by atoms with Crippen LogP contribution in [0.5, 0.6) is 5.75 Å². The first-order chi connectivity index (χ1) is 20.0. The second-order valence-corrected chi connectivity index (χ2v) is 12.5. The van der Waals surface area contributed by atoms with Gasteiger partial charge in [-0.2, -0.15) is 0 Å². The first-order valence-corrected chi connectivity index (χ1v) is 16.1. The highest BCUT2D eigenvalue weighted by atomic mass is 35.5. The highest BCUT2D eigenvalue weighted by molar-refractivity contribution is 7.92. The first-order valence-electron chi connectivity index (χ1n) is 13.9. The van der Waals surface area contributed by atoms with Crippen LogP contribution >= 0.6 is 23.2 Å². The van der Waals surface area contributed by atoms with Crippen molar-refractivity contribution in [1.29, 1.82) is 0 Å². The van der Waals surface area contributed by atoms with E-state index in [1.807, 2.05) is 27.7 Å². The molecule has 2 atom stereocenters. The van der Waals surface area contributed by atoms with Gasteiger partial charge in [-0.05, 0) is 86.8 Å². The third-order valence-corrected chi connectivity index (χ3v) is 9.21. The number of sulfonamides is 1. The topological polar surface area (TPSA) is 96.0 Å². The monoisotopic (exact) mass is 633 g/mol. The molecule has 0 fully saturated rings. The number of ether oxygens (including phenoxy) is 1. The fraction of sp³-hybridized carbons (Fsp3) is 0.355. The van der Waals surface area contributed by atoms with Crippen molar-refractivity contribution < 1.29 is 22.7 Å². The number of amides is 2. The summed E-state index contributed by atoms with van der Waals surface area (Å²) in [5.74, 6) is -0.322. The number of rotatable bonds is 14. The average molecular weight is 635 g/mol. The zero-order chi connectivity index (χ0) is 30.9. The predicted molar refractivity (Wildman–Crippen MR) is 168 cm³/mol. The number of nitrogens with zero attached hydrogens (tertiary/aromatic N) is 2. The summed E-state index contributed by atoms with van der Waals surface area (Å²) in [5, 5.41) is 3.77. The van der Waals surface area contributed by atoms with Gasteiger partial charge in [0.2, 0.25) is 11.8 Å². The standard InChI is InChI=1S/C31H37Cl2N3O5S/c1-5-22(4)34-31(38)29(6-2)35(20-23-10-8-9-11-28(23)33)30(37)21-36(25-14-16-26(17-15-25)41-7-3)42(39,40)27-18-12-24(32)13-19-27/h8-19,22,29H,5-7,20-21H2,1-4H3,(H,34,38)/t22-,29+/m0/s1.